The molecule has 0 bridgehead atoms. The van der Waals surface area contributed by atoms with Crippen LogP contribution < -0.4 is 5.32 Å². The topological polar surface area (TPSA) is 76.5 Å². The van der Waals surface area contributed by atoms with Gasteiger partial charge in [-0.25, -0.2) is 8.78 Å². The lowest BCUT2D eigenvalue weighted by Gasteiger charge is -2.47. The third-order valence-corrected chi connectivity index (χ3v) is 4.67. The normalized spacial score (nSPS) is 23.8. The van der Waals surface area contributed by atoms with Crippen molar-refractivity contribution in [2.75, 3.05) is 27.3 Å². The summed E-state index contributed by atoms with van der Waals surface area (Å²) in [5.41, 5.74) is -0.543. The van der Waals surface area contributed by atoms with E-state index in [4.69, 9.17) is 4.74 Å². The second kappa shape index (κ2) is 6.36. The summed E-state index contributed by atoms with van der Waals surface area (Å²) in [6.07, 6.45) is 3.01. The molecule has 1 N–H and O–H groups in total. The molecule has 2 fully saturated rings. The number of hydrogen-bond acceptors (Lipinski definition) is 4. The number of rotatable bonds is 5. The Balaban J connectivity index is 1.63. The Morgan fingerprint density at radius 2 is 2.16 bits per heavy atom. The summed E-state index contributed by atoms with van der Waals surface area (Å²) < 4.78 is 33.5. The van der Waals surface area contributed by atoms with E-state index in [-0.39, 0.29) is 12.5 Å². The highest BCUT2D eigenvalue weighted by atomic mass is 19.3. The van der Waals surface area contributed by atoms with E-state index in [0.29, 0.717) is 13.2 Å². The van der Waals surface area contributed by atoms with Gasteiger partial charge in [-0.2, -0.15) is 5.10 Å². The minimum atomic E-state index is -2.93. The maximum atomic E-state index is 13.4. The zero-order chi connectivity index (χ0) is 18.2. The lowest BCUT2D eigenvalue weighted by atomic mass is 9.72. The molecule has 1 saturated carbocycles. The molecule has 0 spiro atoms. The van der Waals surface area contributed by atoms with Crippen molar-refractivity contribution in [2.24, 2.45) is 0 Å². The fourth-order valence-corrected chi connectivity index (χ4v) is 3.48. The highest BCUT2D eigenvalue weighted by Crippen LogP contribution is 2.46. The predicted octanol–water partition coefficient (Wildman–Crippen LogP) is 0.759. The summed E-state index contributed by atoms with van der Waals surface area (Å²) >= 11 is 0. The van der Waals surface area contributed by atoms with Crippen LogP contribution in [-0.2, 0) is 20.9 Å². The molecule has 2 amide bonds. The number of nitrogens with one attached hydrogen (secondary N) is 1. The van der Waals surface area contributed by atoms with Crippen LogP contribution in [0.2, 0.25) is 0 Å². The molecule has 9 heteroatoms. The van der Waals surface area contributed by atoms with Gasteiger partial charge in [-0.3, -0.25) is 14.3 Å². The van der Waals surface area contributed by atoms with Gasteiger partial charge in [-0.15, -0.1) is 0 Å². The summed E-state index contributed by atoms with van der Waals surface area (Å²) in [6, 6.07) is 0. The van der Waals surface area contributed by atoms with Crippen molar-refractivity contribution in [1.29, 1.82) is 0 Å². The Morgan fingerprint density at radius 1 is 1.44 bits per heavy atom. The molecule has 3 rings (SSSR count). The van der Waals surface area contributed by atoms with Crippen molar-refractivity contribution in [1.82, 2.24) is 20.0 Å². The number of hydrogen-bond donors (Lipinski definition) is 1. The van der Waals surface area contributed by atoms with Gasteiger partial charge >= 0.3 is 0 Å². The van der Waals surface area contributed by atoms with Crippen LogP contribution in [0.25, 0.3) is 0 Å². The zero-order valence-electron chi connectivity index (χ0n) is 14.3. The Kier molecular flexibility index (Phi) is 4.52. The van der Waals surface area contributed by atoms with Crippen molar-refractivity contribution in [3.05, 3.63) is 18.0 Å². The van der Waals surface area contributed by atoms with E-state index in [1.54, 1.807) is 12.4 Å². The SMILES string of the molecule is CN(C)C(=O)C1(NC(=O)Cn2cc(C3CCOC3)cn2)CC(F)(F)C1. The summed E-state index contributed by atoms with van der Waals surface area (Å²) in [4.78, 5) is 25.7. The monoisotopic (exact) mass is 356 g/mol. The Bertz CT molecular complexity index is 660. The molecular weight excluding hydrogens is 334 g/mol. The first kappa shape index (κ1) is 17.8. The fraction of sp³-hybridized carbons (Fsp3) is 0.688. The molecule has 1 unspecified atom stereocenters. The Hall–Kier alpha value is -2.03. The largest absolute Gasteiger partial charge is 0.381 e. The number of nitrogens with zero attached hydrogens (tertiary/aromatic N) is 3. The molecule has 1 aromatic heterocycles. The van der Waals surface area contributed by atoms with Crippen molar-refractivity contribution in [3.8, 4) is 0 Å². The van der Waals surface area contributed by atoms with E-state index in [2.05, 4.69) is 10.4 Å². The second-order valence-corrected chi connectivity index (χ2v) is 7.07. The third kappa shape index (κ3) is 3.65. The smallest absolute Gasteiger partial charge is 0.253 e. The van der Waals surface area contributed by atoms with Gasteiger partial charge in [0, 0.05) is 45.7 Å². The molecule has 1 atom stereocenters. The van der Waals surface area contributed by atoms with Gasteiger partial charge in [-0.1, -0.05) is 0 Å². The Morgan fingerprint density at radius 3 is 2.72 bits per heavy atom. The van der Waals surface area contributed by atoms with Gasteiger partial charge < -0.3 is 15.0 Å². The molecule has 25 heavy (non-hydrogen) atoms. The van der Waals surface area contributed by atoms with Crippen LogP contribution in [-0.4, -0.2) is 65.3 Å². The number of carbonyl (C=O) groups is 2. The van der Waals surface area contributed by atoms with E-state index < -0.39 is 36.1 Å². The first-order valence-electron chi connectivity index (χ1n) is 8.21. The van der Waals surface area contributed by atoms with E-state index in [1.807, 2.05) is 0 Å². The molecule has 2 aliphatic rings. The molecule has 7 nitrogen and oxygen atoms in total. The minimum absolute atomic E-state index is 0.123. The molecule has 1 aliphatic carbocycles. The van der Waals surface area contributed by atoms with E-state index in [9.17, 15) is 18.4 Å². The number of carbonyl (C=O) groups excluding carboxylic acids is 2. The number of ether oxygens (including phenoxy) is 1. The van der Waals surface area contributed by atoms with Gasteiger partial charge in [0.15, 0.2) is 0 Å². The van der Waals surface area contributed by atoms with E-state index >= 15 is 0 Å². The van der Waals surface area contributed by atoms with Crippen LogP contribution >= 0.6 is 0 Å². The van der Waals surface area contributed by atoms with Gasteiger partial charge in [-0.05, 0) is 12.0 Å². The maximum absolute atomic E-state index is 13.4. The summed E-state index contributed by atoms with van der Waals surface area (Å²) in [7, 11) is 2.96. The van der Waals surface area contributed by atoms with E-state index in [0.717, 1.165) is 12.0 Å². The molecule has 1 saturated heterocycles. The average Bonchev–Trinajstić information content (AvgIpc) is 3.14. The van der Waals surface area contributed by atoms with Crippen molar-refractivity contribution in [3.63, 3.8) is 0 Å². The molecule has 0 aromatic carbocycles. The fourth-order valence-electron chi connectivity index (χ4n) is 3.48. The van der Waals surface area contributed by atoms with Crippen LogP contribution in [0.5, 0.6) is 0 Å². The quantitative estimate of drug-likeness (QED) is 0.845. The predicted molar refractivity (Wildman–Crippen MR) is 84.2 cm³/mol. The van der Waals surface area contributed by atoms with Gasteiger partial charge in [0.25, 0.3) is 5.92 Å². The lowest BCUT2D eigenvalue weighted by molar-refractivity contribution is -0.172. The Labute approximate surface area is 144 Å². The molecule has 2 heterocycles. The van der Waals surface area contributed by atoms with Gasteiger partial charge in [0.1, 0.15) is 12.1 Å². The highest BCUT2D eigenvalue weighted by Gasteiger charge is 2.62. The average molecular weight is 356 g/mol. The van der Waals surface area contributed by atoms with Crippen molar-refractivity contribution < 1.29 is 23.1 Å². The van der Waals surface area contributed by atoms with Crippen molar-refractivity contribution >= 4 is 11.8 Å². The zero-order valence-corrected chi connectivity index (χ0v) is 14.3. The van der Waals surface area contributed by atoms with Crippen LogP contribution in [0, 0.1) is 0 Å². The highest BCUT2D eigenvalue weighted by molar-refractivity contribution is 5.92. The summed E-state index contributed by atoms with van der Waals surface area (Å²) in [5.74, 6) is -3.69. The van der Waals surface area contributed by atoms with Crippen LogP contribution in [0.3, 0.4) is 0 Å². The maximum Gasteiger partial charge on any atom is 0.253 e. The van der Waals surface area contributed by atoms with Crippen molar-refractivity contribution in [2.45, 2.75) is 43.2 Å². The third-order valence-electron chi connectivity index (χ3n) is 4.67. The number of likely N-dealkylation sites (N-methyl/N-ethyl adjacent to an activating group) is 1. The first-order chi connectivity index (χ1) is 11.7. The van der Waals surface area contributed by atoms with Crippen LogP contribution in [0.1, 0.15) is 30.7 Å². The molecule has 1 aliphatic heterocycles. The number of alkyl halides is 2. The molecular formula is C16H22F2N4O3. The molecule has 1 aromatic rings. The molecule has 0 radical (unpaired) electrons. The summed E-state index contributed by atoms with van der Waals surface area (Å²) in [6.45, 7) is 1.22. The number of aromatic nitrogens is 2. The number of amides is 2. The standard InChI is InChI=1S/C16H22F2N4O3/c1-21(2)14(24)15(9-16(17,18)10-15)20-13(23)7-22-6-12(5-19-22)11-3-4-25-8-11/h5-6,11H,3-4,7-10H2,1-2H3,(H,20,23). The van der Waals surface area contributed by atoms with Crippen LogP contribution in [0.4, 0.5) is 8.78 Å². The van der Waals surface area contributed by atoms with Gasteiger partial charge in [0.05, 0.1) is 12.8 Å². The van der Waals surface area contributed by atoms with Crippen LogP contribution in [0.15, 0.2) is 12.4 Å². The lowest BCUT2D eigenvalue weighted by Crippen LogP contribution is -2.69. The number of halogens is 2. The molecule has 138 valence electrons. The second-order valence-electron chi connectivity index (χ2n) is 7.07. The summed E-state index contributed by atoms with van der Waals surface area (Å²) in [5, 5.41) is 6.64. The minimum Gasteiger partial charge on any atom is -0.381 e. The van der Waals surface area contributed by atoms with Gasteiger partial charge in [0.2, 0.25) is 11.8 Å². The first-order valence-corrected chi connectivity index (χ1v) is 8.21. The van der Waals surface area contributed by atoms with E-state index in [1.165, 1.54) is 23.7 Å².